The van der Waals surface area contributed by atoms with E-state index in [1.165, 1.54) is 14.0 Å². The zero-order valence-corrected chi connectivity index (χ0v) is 16.5. The van der Waals surface area contributed by atoms with Crippen LogP contribution in [-0.2, 0) is 20.7 Å². The third-order valence-corrected chi connectivity index (χ3v) is 4.32. The van der Waals surface area contributed by atoms with Crippen LogP contribution in [0.5, 0.6) is 11.5 Å². The summed E-state index contributed by atoms with van der Waals surface area (Å²) in [5.41, 5.74) is 1.24. The summed E-state index contributed by atoms with van der Waals surface area (Å²) in [6.07, 6.45) is 0.0627. The molecule has 0 fully saturated rings. The maximum absolute atomic E-state index is 11.4. The van der Waals surface area contributed by atoms with Gasteiger partial charge in [-0.2, -0.15) is 0 Å². The van der Waals surface area contributed by atoms with Crippen LogP contribution >= 0.6 is 39.1 Å². The number of anilines is 1. The van der Waals surface area contributed by atoms with Crippen LogP contribution in [0, 0.1) is 0 Å². The summed E-state index contributed by atoms with van der Waals surface area (Å²) in [5, 5.41) is 3.22. The zero-order valence-electron chi connectivity index (χ0n) is 13.4. The number of hydrogen-bond acceptors (Lipinski definition) is 4. The number of methoxy groups -OCH3 is 1. The van der Waals surface area contributed by atoms with Crippen LogP contribution in [0.25, 0.3) is 0 Å². The normalized spacial score (nSPS) is 10.3. The summed E-state index contributed by atoms with van der Waals surface area (Å²) in [7, 11) is 1.31. The molecule has 25 heavy (non-hydrogen) atoms. The molecular weight excluding hydrogens is 433 g/mol. The van der Waals surface area contributed by atoms with Gasteiger partial charge < -0.3 is 14.8 Å². The van der Waals surface area contributed by atoms with Crippen molar-refractivity contribution in [2.24, 2.45) is 0 Å². The van der Waals surface area contributed by atoms with E-state index in [4.69, 9.17) is 27.9 Å². The quantitative estimate of drug-likeness (QED) is 0.639. The molecule has 0 aromatic heterocycles. The molecule has 0 aliphatic carbocycles. The SMILES string of the molecule is COC(=O)Cc1cc(Cl)c(Oc2ccc(NC(C)=O)c(Br)c2)c(Cl)c1. The molecule has 0 spiro atoms. The lowest BCUT2D eigenvalue weighted by atomic mass is 10.1. The van der Waals surface area contributed by atoms with Gasteiger partial charge in [0.2, 0.25) is 5.91 Å². The van der Waals surface area contributed by atoms with Crippen molar-refractivity contribution in [3.63, 3.8) is 0 Å². The molecule has 2 aromatic rings. The second-order valence-corrected chi connectivity index (χ2v) is 6.74. The Balaban J connectivity index is 2.24. The molecule has 1 amide bonds. The first-order valence-corrected chi connectivity index (χ1v) is 8.64. The van der Waals surface area contributed by atoms with Crippen LogP contribution in [-0.4, -0.2) is 19.0 Å². The Morgan fingerprint density at radius 1 is 1.16 bits per heavy atom. The topological polar surface area (TPSA) is 64.6 Å². The Hall–Kier alpha value is -1.76. The number of nitrogens with one attached hydrogen (secondary N) is 1. The lowest BCUT2D eigenvalue weighted by Gasteiger charge is -2.13. The van der Waals surface area contributed by atoms with Crippen molar-refractivity contribution in [3.05, 3.63) is 50.4 Å². The van der Waals surface area contributed by atoms with Gasteiger partial charge in [-0.15, -0.1) is 0 Å². The van der Waals surface area contributed by atoms with E-state index in [2.05, 4.69) is 26.0 Å². The number of carbonyl (C=O) groups excluding carboxylic acids is 2. The van der Waals surface area contributed by atoms with Crippen LogP contribution < -0.4 is 10.1 Å². The van der Waals surface area contributed by atoms with Gasteiger partial charge in [0.05, 0.1) is 29.3 Å². The van der Waals surface area contributed by atoms with E-state index in [1.807, 2.05) is 0 Å². The smallest absolute Gasteiger partial charge is 0.309 e. The number of halogens is 3. The third-order valence-electron chi connectivity index (χ3n) is 3.11. The fraction of sp³-hybridized carbons (Fsp3) is 0.176. The van der Waals surface area contributed by atoms with Crippen LogP contribution in [0.1, 0.15) is 12.5 Å². The minimum absolute atomic E-state index is 0.0627. The molecule has 0 heterocycles. The maximum Gasteiger partial charge on any atom is 0.309 e. The lowest BCUT2D eigenvalue weighted by Crippen LogP contribution is -2.06. The van der Waals surface area contributed by atoms with Crippen LogP contribution in [0.2, 0.25) is 10.0 Å². The van der Waals surface area contributed by atoms with Crippen LogP contribution in [0.4, 0.5) is 5.69 Å². The van der Waals surface area contributed by atoms with Gasteiger partial charge in [0, 0.05) is 11.4 Å². The van der Waals surface area contributed by atoms with Gasteiger partial charge in [0.15, 0.2) is 5.75 Å². The summed E-state index contributed by atoms with van der Waals surface area (Å²) in [4.78, 5) is 22.5. The molecule has 0 aliphatic heterocycles. The van der Waals surface area contributed by atoms with E-state index < -0.39 is 5.97 Å². The molecule has 1 N–H and O–H groups in total. The van der Waals surface area contributed by atoms with E-state index in [1.54, 1.807) is 30.3 Å². The number of rotatable bonds is 5. The predicted octanol–water partition coefficient (Wildman–Crippen LogP) is 5.22. The van der Waals surface area contributed by atoms with Crippen molar-refractivity contribution in [1.29, 1.82) is 0 Å². The monoisotopic (exact) mass is 445 g/mol. The average molecular weight is 447 g/mol. The number of esters is 1. The molecule has 8 heteroatoms. The van der Waals surface area contributed by atoms with Crippen molar-refractivity contribution >= 4 is 56.7 Å². The van der Waals surface area contributed by atoms with Gasteiger partial charge in [-0.1, -0.05) is 23.2 Å². The highest BCUT2D eigenvalue weighted by molar-refractivity contribution is 9.10. The first-order chi connectivity index (χ1) is 11.8. The fourth-order valence-corrected chi connectivity index (χ4v) is 3.09. The average Bonchev–Trinajstić information content (AvgIpc) is 2.53. The van der Waals surface area contributed by atoms with E-state index in [-0.39, 0.29) is 28.1 Å². The van der Waals surface area contributed by atoms with Crippen LogP contribution in [0.3, 0.4) is 0 Å². The van der Waals surface area contributed by atoms with E-state index in [9.17, 15) is 9.59 Å². The summed E-state index contributed by atoms with van der Waals surface area (Å²) in [6, 6.07) is 8.24. The lowest BCUT2D eigenvalue weighted by molar-refractivity contribution is -0.139. The minimum Gasteiger partial charge on any atom is -0.469 e. The molecule has 2 rings (SSSR count). The van der Waals surface area contributed by atoms with E-state index in [0.29, 0.717) is 21.5 Å². The molecule has 0 saturated heterocycles. The fourth-order valence-electron chi connectivity index (χ4n) is 2.02. The Morgan fingerprint density at radius 2 is 1.80 bits per heavy atom. The highest BCUT2D eigenvalue weighted by Gasteiger charge is 2.14. The maximum atomic E-state index is 11.4. The molecule has 0 atom stereocenters. The van der Waals surface area contributed by atoms with Crippen molar-refractivity contribution in [2.75, 3.05) is 12.4 Å². The molecule has 2 aromatic carbocycles. The second kappa shape index (κ2) is 8.56. The molecular formula is C17H14BrCl2NO4. The van der Waals surface area contributed by atoms with Crippen molar-refractivity contribution in [1.82, 2.24) is 0 Å². The predicted molar refractivity (Wildman–Crippen MR) is 101 cm³/mol. The Bertz CT molecular complexity index is 803. The number of ether oxygens (including phenoxy) is 2. The Morgan fingerprint density at radius 3 is 2.32 bits per heavy atom. The number of amides is 1. The summed E-state index contributed by atoms with van der Waals surface area (Å²) in [5.74, 6) is 0.182. The second-order valence-electron chi connectivity index (χ2n) is 5.07. The van der Waals surface area contributed by atoms with Gasteiger partial charge in [-0.25, -0.2) is 0 Å². The third kappa shape index (κ3) is 5.36. The van der Waals surface area contributed by atoms with Gasteiger partial charge in [-0.05, 0) is 51.8 Å². The van der Waals surface area contributed by atoms with Crippen molar-refractivity contribution < 1.29 is 19.1 Å². The summed E-state index contributed by atoms with van der Waals surface area (Å²) >= 11 is 15.8. The molecule has 132 valence electrons. The Labute approximate surface area is 163 Å². The van der Waals surface area contributed by atoms with Crippen LogP contribution in [0.15, 0.2) is 34.8 Å². The van der Waals surface area contributed by atoms with Crippen molar-refractivity contribution in [3.8, 4) is 11.5 Å². The molecule has 0 saturated carbocycles. The van der Waals surface area contributed by atoms with Gasteiger partial charge in [0.1, 0.15) is 5.75 Å². The largest absolute Gasteiger partial charge is 0.469 e. The first-order valence-electron chi connectivity index (χ1n) is 7.10. The van der Waals surface area contributed by atoms with Crippen molar-refractivity contribution in [2.45, 2.75) is 13.3 Å². The summed E-state index contributed by atoms with van der Waals surface area (Å²) in [6.45, 7) is 1.42. The first kappa shape index (κ1) is 19.6. The summed E-state index contributed by atoms with van der Waals surface area (Å²) < 4.78 is 11.0. The van der Waals surface area contributed by atoms with Gasteiger partial charge in [0.25, 0.3) is 0 Å². The molecule has 0 bridgehead atoms. The van der Waals surface area contributed by atoms with E-state index in [0.717, 1.165) is 0 Å². The number of carbonyl (C=O) groups is 2. The molecule has 0 aliphatic rings. The van der Waals surface area contributed by atoms with Gasteiger partial charge >= 0.3 is 5.97 Å². The molecule has 5 nitrogen and oxygen atoms in total. The van der Waals surface area contributed by atoms with Gasteiger partial charge in [-0.3, -0.25) is 9.59 Å². The zero-order chi connectivity index (χ0) is 18.6. The highest BCUT2D eigenvalue weighted by atomic mass is 79.9. The number of hydrogen-bond donors (Lipinski definition) is 1. The minimum atomic E-state index is -0.390. The van der Waals surface area contributed by atoms with E-state index >= 15 is 0 Å². The standard InChI is InChI=1S/C17H14BrCl2NO4/c1-9(22)21-15-4-3-11(8-12(15)18)25-17-13(19)5-10(6-14(17)20)7-16(23)24-2/h3-6,8H,7H2,1-2H3,(H,21,22). The molecule has 0 radical (unpaired) electrons. The number of benzene rings is 2. The highest BCUT2D eigenvalue weighted by Crippen LogP contribution is 2.39. The molecule has 0 unspecified atom stereocenters. The Kier molecular flexibility index (Phi) is 6.70.